The molecule has 2 aromatic rings. The molecule has 0 saturated heterocycles. The Bertz CT molecular complexity index is 729. The molecule has 0 saturated carbocycles. The minimum absolute atomic E-state index is 0.0423. The van der Waals surface area contributed by atoms with Crippen molar-refractivity contribution in [2.45, 2.75) is 32.2 Å². The van der Waals surface area contributed by atoms with E-state index in [0.29, 0.717) is 12.1 Å². The fourth-order valence-electron chi connectivity index (χ4n) is 2.78. The molecule has 0 unspecified atom stereocenters. The Morgan fingerprint density at radius 1 is 1.28 bits per heavy atom. The molecule has 6 heteroatoms. The average molecular weight is 346 g/mol. The summed E-state index contributed by atoms with van der Waals surface area (Å²) in [5.41, 5.74) is 2.10. The van der Waals surface area contributed by atoms with Crippen LogP contribution in [0.25, 0.3) is 0 Å². The number of nitrogens with one attached hydrogen (secondary N) is 1. The Balaban J connectivity index is 2.16. The Hall–Kier alpha value is -2.21. The molecule has 1 aromatic carbocycles. The van der Waals surface area contributed by atoms with E-state index in [2.05, 4.69) is 10.4 Å². The summed E-state index contributed by atoms with van der Waals surface area (Å²) in [6.07, 6.45) is 1.75. The second-order valence-electron chi connectivity index (χ2n) is 7.56. The van der Waals surface area contributed by atoms with E-state index in [0.717, 1.165) is 11.3 Å². The van der Waals surface area contributed by atoms with Gasteiger partial charge in [-0.1, -0.05) is 32.9 Å². The van der Waals surface area contributed by atoms with Crippen molar-refractivity contribution in [2.24, 2.45) is 7.05 Å². The van der Waals surface area contributed by atoms with Gasteiger partial charge in [-0.15, -0.1) is 0 Å². The molecule has 0 bridgehead atoms. The van der Waals surface area contributed by atoms with Gasteiger partial charge in [-0.3, -0.25) is 9.48 Å². The number of carbonyl (C=O) groups excluding carboxylic acids is 1. The molecule has 136 valence electrons. The SMILES string of the molecule is CN(C)[C@@H](CNC(=O)c1cn(C)nc1C(C)(C)C)c1ccc(F)cc1. The van der Waals surface area contributed by atoms with E-state index in [4.69, 9.17) is 0 Å². The maximum absolute atomic E-state index is 13.2. The maximum atomic E-state index is 13.2. The van der Waals surface area contributed by atoms with Crippen molar-refractivity contribution in [1.82, 2.24) is 20.0 Å². The zero-order valence-corrected chi connectivity index (χ0v) is 15.8. The van der Waals surface area contributed by atoms with Crippen molar-refractivity contribution in [1.29, 1.82) is 0 Å². The van der Waals surface area contributed by atoms with Gasteiger partial charge in [0.2, 0.25) is 0 Å². The van der Waals surface area contributed by atoms with Crippen LogP contribution >= 0.6 is 0 Å². The highest BCUT2D eigenvalue weighted by Crippen LogP contribution is 2.24. The van der Waals surface area contributed by atoms with Gasteiger partial charge in [0.25, 0.3) is 5.91 Å². The lowest BCUT2D eigenvalue weighted by molar-refractivity contribution is 0.0939. The van der Waals surface area contributed by atoms with Crippen LogP contribution in [-0.2, 0) is 12.5 Å². The zero-order valence-electron chi connectivity index (χ0n) is 15.8. The summed E-state index contributed by atoms with van der Waals surface area (Å²) >= 11 is 0. The summed E-state index contributed by atoms with van der Waals surface area (Å²) in [5.74, 6) is -0.414. The molecule has 2 rings (SSSR count). The normalized spacial score (nSPS) is 13.1. The number of rotatable bonds is 5. The number of aryl methyl sites for hydroxylation is 1. The molecule has 1 amide bonds. The maximum Gasteiger partial charge on any atom is 0.254 e. The van der Waals surface area contributed by atoms with Gasteiger partial charge in [-0.25, -0.2) is 4.39 Å². The summed E-state index contributed by atoms with van der Waals surface area (Å²) in [5, 5.41) is 7.43. The molecule has 0 aliphatic heterocycles. The molecule has 0 aliphatic rings. The van der Waals surface area contributed by atoms with Crippen LogP contribution in [0.2, 0.25) is 0 Å². The average Bonchev–Trinajstić information content (AvgIpc) is 2.91. The number of benzene rings is 1. The highest BCUT2D eigenvalue weighted by molar-refractivity contribution is 5.95. The van der Waals surface area contributed by atoms with Crippen LogP contribution in [0, 0.1) is 5.82 Å². The van der Waals surface area contributed by atoms with Gasteiger partial charge in [0, 0.05) is 25.2 Å². The first-order chi connectivity index (χ1) is 11.6. The lowest BCUT2D eigenvalue weighted by Gasteiger charge is -2.25. The van der Waals surface area contributed by atoms with Gasteiger partial charge in [-0.05, 0) is 31.8 Å². The molecule has 5 nitrogen and oxygen atoms in total. The number of amides is 1. The fourth-order valence-corrected chi connectivity index (χ4v) is 2.78. The standard InChI is InChI=1S/C19H27FN4O/c1-19(2,3)17-15(12-24(6)22-17)18(25)21-11-16(23(4)5)13-7-9-14(20)10-8-13/h7-10,12,16H,11H2,1-6H3,(H,21,25)/t16-/m0/s1. The lowest BCUT2D eigenvalue weighted by Crippen LogP contribution is -2.35. The quantitative estimate of drug-likeness (QED) is 0.906. The van der Waals surface area contributed by atoms with Crippen LogP contribution in [-0.4, -0.2) is 41.2 Å². The van der Waals surface area contributed by atoms with Gasteiger partial charge in [0.15, 0.2) is 0 Å². The van der Waals surface area contributed by atoms with Gasteiger partial charge in [0.05, 0.1) is 17.3 Å². The van der Waals surface area contributed by atoms with Crippen molar-refractivity contribution in [3.05, 3.63) is 53.1 Å². The Kier molecular flexibility index (Phi) is 5.62. The molecule has 1 heterocycles. The number of aromatic nitrogens is 2. The lowest BCUT2D eigenvalue weighted by atomic mass is 9.89. The first kappa shape index (κ1) is 19.1. The molecule has 0 fully saturated rings. The highest BCUT2D eigenvalue weighted by Gasteiger charge is 2.26. The molecule has 1 N–H and O–H groups in total. The molecule has 1 aromatic heterocycles. The number of likely N-dealkylation sites (N-methyl/N-ethyl adjacent to an activating group) is 1. The van der Waals surface area contributed by atoms with Gasteiger partial charge < -0.3 is 10.2 Å². The molecule has 0 spiro atoms. The van der Waals surface area contributed by atoms with E-state index < -0.39 is 0 Å². The summed E-state index contributed by atoms with van der Waals surface area (Å²) in [6.45, 7) is 6.53. The van der Waals surface area contributed by atoms with Gasteiger partial charge in [0.1, 0.15) is 5.82 Å². The Labute approximate surface area is 148 Å². The zero-order chi connectivity index (χ0) is 18.8. The predicted octanol–water partition coefficient (Wildman–Crippen LogP) is 2.89. The van der Waals surface area contributed by atoms with Gasteiger partial charge in [-0.2, -0.15) is 5.10 Å². The largest absolute Gasteiger partial charge is 0.350 e. The first-order valence-electron chi connectivity index (χ1n) is 8.34. The second-order valence-corrected chi connectivity index (χ2v) is 7.56. The van der Waals surface area contributed by atoms with Crippen LogP contribution in [0.15, 0.2) is 30.5 Å². The first-order valence-corrected chi connectivity index (χ1v) is 8.34. The predicted molar refractivity (Wildman–Crippen MR) is 97.1 cm³/mol. The molecule has 25 heavy (non-hydrogen) atoms. The van der Waals surface area contributed by atoms with E-state index in [1.54, 1.807) is 23.0 Å². The van der Waals surface area contributed by atoms with E-state index in [-0.39, 0.29) is 23.2 Å². The third-order valence-corrected chi connectivity index (χ3v) is 4.12. The van der Waals surface area contributed by atoms with Crippen molar-refractivity contribution in [2.75, 3.05) is 20.6 Å². The van der Waals surface area contributed by atoms with Gasteiger partial charge >= 0.3 is 0 Å². The number of hydrogen-bond acceptors (Lipinski definition) is 3. The van der Waals surface area contributed by atoms with E-state index in [1.807, 2.05) is 46.8 Å². The molecular weight excluding hydrogens is 319 g/mol. The number of hydrogen-bond donors (Lipinski definition) is 1. The van der Waals surface area contributed by atoms with Crippen LogP contribution in [0.4, 0.5) is 4.39 Å². The van der Waals surface area contributed by atoms with Crippen LogP contribution in [0.1, 0.15) is 48.4 Å². The summed E-state index contributed by atoms with van der Waals surface area (Å²) in [7, 11) is 5.68. The van der Waals surface area contributed by atoms with Crippen molar-refractivity contribution in [3.8, 4) is 0 Å². The second kappa shape index (κ2) is 7.35. The topological polar surface area (TPSA) is 50.2 Å². The number of halogens is 1. The number of nitrogens with zero attached hydrogens (tertiary/aromatic N) is 3. The molecule has 1 atom stereocenters. The van der Waals surface area contributed by atoms with Crippen LogP contribution in [0.5, 0.6) is 0 Å². The molecular formula is C19H27FN4O. The smallest absolute Gasteiger partial charge is 0.254 e. The van der Waals surface area contributed by atoms with E-state index in [9.17, 15) is 9.18 Å². The van der Waals surface area contributed by atoms with Crippen molar-refractivity contribution >= 4 is 5.91 Å². The van der Waals surface area contributed by atoms with Crippen molar-refractivity contribution < 1.29 is 9.18 Å². The number of carbonyl (C=O) groups is 1. The van der Waals surface area contributed by atoms with Crippen molar-refractivity contribution in [3.63, 3.8) is 0 Å². The molecule has 0 radical (unpaired) electrons. The molecule has 0 aliphatic carbocycles. The van der Waals surface area contributed by atoms with E-state index in [1.165, 1.54) is 12.1 Å². The third kappa shape index (κ3) is 4.66. The minimum Gasteiger partial charge on any atom is -0.350 e. The highest BCUT2D eigenvalue weighted by atomic mass is 19.1. The Morgan fingerprint density at radius 2 is 1.88 bits per heavy atom. The third-order valence-electron chi connectivity index (χ3n) is 4.12. The summed E-state index contributed by atoms with van der Waals surface area (Å²) in [4.78, 5) is 14.7. The Morgan fingerprint density at radius 3 is 2.40 bits per heavy atom. The minimum atomic E-state index is -0.268. The fraction of sp³-hybridized carbons (Fsp3) is 0.474. The van der Waals surface area contributed by atoms with E-state index >= 15 is 0 Å². The monoisotopic (exact) mass is 346 g/mol. The summed E-state index contributed by atoms with van der Waals surface area (Å²) in [6, 6.07) is 6.33. The van der Waals surface area contributed by atoms with Crippen LogP contribution < -0.4 is 5.32 Å². The summed E-state index contributed by atoms with van der Waals surface area (Å²) < 4.78 is 14.8. The van der Waals surface area contributed by atoms with Crippen LogP contribution in [0.3, 0.4) is 0 Å².